The SMILES string of the molecule is CC#C[C@@H](C)[C@H]1C[C@@H](CC=O)CC(=O)O1. The van der Waals surface area contributed by atoms with Crippen LogP contribution in [-0.2, 0) is 14.3 Å². The van der Waals surface area contributed by atoms with Gasteiger partial charge in [-0.15, -0.1) is 5.92 Å². The third-order valence-corrected chi connectivity index (χ3v) is 2.66. The Morgan fingerprint density at radius 3 is 3.00 bits per heavy atom. The molecule has 3 atom stereocenters. The van der Waals surface area contributed by atoms with Crippen LogP contribution < -0.4 is 0 Å². The van der Waals surface area contributed by atoms with Crippen LogP contribution >= 0.6 is 0 Å². The molecule has 3 nitrogen and oxygen atoms in total. The number of hydrogen-bond acceptors (Lipinski definition) is 3. The molecule has 0 aromatic heterocycles. The van der Waals surface area contributed by atoms with E-state index in [1.165, 1.54) is 0 Å². The lowest BCUT2D eigenvalue weighted by Gasteiger charge is -2.29. The first kappa shape index (κ1) is 11.8. The predicted molar refractivity (Wildman–Crippen MR) is 55.9 cm³/mol. The minimum atomic E-state index is -0.206. The van der Waals surface area contributed by atoms with Gasteiger partial charge >= 0.3 is 5.97 Å². The van der Waals surface area contributed by atoms with Crippen LogP contribution in [0.5, 0.6) is 0 Å². The highest BCUT2D eigenvalue weighted by atomic mass is 16.5. The molecule has 1 heterocycles. The van der Waals surface area contributed by atoms with Gasteiger partial charge in [-0.2, -0.15) is 0 Å². The zero-order valence-electron chi connectivity index (χ0n) is 9.16. The van der Waals surface area contributed by atoms with Gasteiger partial charge < -0.3 is 9.53 Å². The van der Waals surface area contributed by atoms with Gasteiger partial charge in [-0.05, 0) is 26.2 Å². The van der Waals surface area contributed by atoms with Gasteiger partial charge in [0.05, 0.1) is 5.92 Å². The summed E-state index contributed by atoms with van der Waals surface area (Å²) in [6.07, 6.45) is 2.28. The van der Waals surface area contributed by atoms with Gasteiger partial charge in [0.25, 0.3) is 0 Å². The molecule has 15 heavy (non-hydrogen) atoms. The first-order valence-corrected chi connectivity index (χ1v) is 5.22. The van der Waals surface area contributed by atoms with Crippen LogP contribution in [0, 0.1) is 23.7 Å². The molecule has 1 saturated heterocycles. The molecule has 0 aromatic carbocycles. The second-order valence-electron chi connectivity index (χ2n) is 3.92. The van der Waals surface area contributed by atoms with Crippen LogP contribution in [0.1, 0.15) is 33.1 Å². The average Bonchev–Trinajstić information content (AvgIpc) is 2.17. The van der Waals surface area contributed by atoms with E-state index in [-0.39, 0.29) is 23.9 Å². The minimum absolute atomic E-state index is 0.0494. The van der Waals surface area contributed by atoms with Gasteiger partial charge in [0.1, 0.15) is 12.4 Å². The molecule has 0 amide bonds. The summed E-state index contributed by atoms with van der Waals surface area (Å²) in [6, 6.07) is 0. The molecule has 1 rings (SSSR count). The number of aldehydes is 1. The lowest BCUT2D eigenvalue weighted by molar-refractivity contribution is -0.158. The molecule has 0 aliphatic carbocycles. The van der Waals surface area contributed by atoms with Crippen LogP contribution in [0.3, 0.4) is 0 Å². The molecule has 0 unspecified atom stereocenters. The molecule has 0 bridgehead atoms. The Hall–Kier alpha value is -1.30. The Balaban J connectivity index is 2.60. The van der Waals surface area contributed by atoms with Crippen molar-refractivity contribution in [1.29, 1.82) is 0 Å². The van der Waals surface area contributed by atoms with E-state index in [2.05, 4.69) is 11.8 Å². The number of rotatable bonds is 3. The van der Waals surface area contributed by atoms with E-state index in [1.807, 2.05) is 6.92 Å². The van der Waals surface area contributed by atoms with E-state index in [4.69, 9.17) is 4.74 Å². The maximum Gasteiger partial charge on any atom is 0.306 e. The topological polar surface area (TPSA) is 43.4 Å². The normalized spacial score (nSPS) is 27.2. The van der Waals surface area contributed by atoms with Crippen molar-refractivity contribution in [2.24, 2.45) is 11.8 Å². The van der Waals surface area contributed by atoms with Crippen molar-refractivity contribution in [3.8, 4) is 11.8 Å². The van der Waals surface area contributed by atoms with Crippen molar-refractivity contribution in [3.05, 3.63) is 0 Å². The number of ether oxygens (including phenoxy) is 1. The van der Waals surface area contributed by atoms with E-state index in [9.17, 15) is 9.59 Å². The minimum Gasteiger partial charge on any atom is -0.461 e. The molecule has 0 saturated carbocycles. The van der Waals surface area contributed by atoms with E-state index in [0.717, 1.165) is 12.7 Å². The van der Waals surface area contributed by atoms with Crippen LogP contribution in [0.15, 0.2) is 0 Å². The van der Waals surface area contributed by atoms with Crippen LogP contribution in [-0.4, -0.2) is 18.4 Å². The first-order valence-electron chi connectivity index (χ1n) is 5.22. The number of carbonyl (C=O) groups is 2. The van der Waals surface area contributed by atoms with Gasteiger partial charge in [-0.1, -0.05) is 5.92 Å². The summed E-state index contributed by atoms with van der Waals surface area (Å²) in [7, 11) is 0. The largest absolute Gasteiger partial charge is 0.461 e. The smallest absolute Gasteiger partial charge is 0.306 e. The zero-order chi connectivity index (χ0) is 11.3. The van der Waals surface area contributed by atoms with Crippen molar-refractivity contribution >= 4 is 12.3 Å². The molecular formula is C12H16O3. The van der Waals surface area contributed by atoms with Gasteiger partial charge in [-0.25, -0.2) is 0 Å². The van der Waals surface area contributed by atoms with Crippen LogP contribution in [0.4, 0.5) is 0 Å². The highest BCUT2D eigenvalue weighted by Crippen LogP contribution is 2.27. The summed E-state index contributed by atoms with van der Waals surface area (Å²) in [5.74, 6) is 5.78. The second-order valence-corrected chi connectivity index (χ2v) is 3.92. The molecule has 1 fully saturated rings. The number of carbonyl (C=O) groups excluding carboxylic acids is 2. The van der Waals surface area contributed by atoms with Gasteiger partial charge in [0, 0.05) is 12.8 Å². The first-order chi connectivity index (χ1) is 7.17. The Bertz CT molecular complexity index is 298. The Morgan fingerprint density at radius 2 is 2.40 bits per heavy atom. The predicted octanol–water partition coefficient (Wildman–Crippen LogP) is 1.56. The molecule has 0 aromatic rings. The van der Waals surface area contributed by atoms with Crippen molar-refractivity contribution in [1.82, 2.24) is 0 Å². The van der Waals surface area contributed by atoms with E-state index >= 15 is 0 Å². The summed E-state index contributed by atoms with van der Waals surface area (Å²) in [6.45, 7) is 3.71. The lowest BCUT2D eigenvalue weighted by Crippen LogP contribution is -2.33. The summed E-state index contributed by atoms with van der Waals surface area (Å²) in [5.41, 5.74) is 0. The van der Waals surface area contributed by atoms with Crippen LogP contribution in [0.2, 0.25) is 0 Å². The monoisotopic (exact) mass is 208 g/mol. The van der Waals surface area contributed by atoms with E-state index in [1.54, 1.807) is 6.92 Å². The van der Waals surface area contributed by atoms with Crippen molar-refractivity contribution in [3.63, 3.8) is 0 Å². The fourth-order valence-corrected chi connectivity index (χ4v) is 1.86. The fourth-order valence-electron chi connectivity index (χ4n) is 1.86. The molecule has 3 heteroatoms. The van der Waals surface area contributed by atoms with E-state index < -0.39 is 0 Å². The highest BCUT2D eigenvalue weighted by molar-refractivity contribution is 5.71. The molecule has 1 aliphatic heterocycles. The zero-order valence-corrected chi connectivity index (χ0v) is 9.16. The molecule has 82 valence electrons. The number of hydrogen-bond donors (Lipinski definition) is 0. The summed E-state index contributed by atoms with van der Waals surface area (Å²) in [4.78, 5) is 21.7. The average molecular weight is 208 g/mol. The molecule has 1 aliphatic rings. The van der Waals surface area contributed by atoms with Gasteiger partial charge in [-0.3, -0.25) is 4.79 Å². The Labute approximate surface area is 90.2 Å². The Kier molecular flexibility index (Phi) is 4.36. The highest BCUT2D eigenvalue weighted by Gasteiger charge is 2.31. The number of esters is 1. The third kappa shape index (κ3) is 3.39. The molecule has 0 radical (unpaired) electrons. The van der Waals surface area contributed by atoms with Crippen molar-refractivity contribution in [2.75, 3.05) is 0 Å². The quantitative estimate of drug-likeness (QED) is 0.401. The lowest BCUT2D eigenvalue weighted by atomic mass is 9.88. The fraction of sp³-hybridized carbons (Fsp3) is 0.667. The van der Waals surface area contributed by atoms with Gasteiger partial charge in [0.2, 0.25) is 0 Å². The summed E-state index contributed by atoms with van der Waals surface area (Å²) in [5, 5.41) is 0. The maximum atomic E-state index is 11.3. The second kappa shape index (κ2) is 5.55. The Morgan fingerprint density at radius 1 is 1.67 bits per heavy atom. The standard InChI is InChI=1S/C12H16O3/c1-3-4-9(2)11-7-10(5-6-13)8-12(14)15-11/h6,9-11H,5,7-8H2,1-2H3/t9-,10-,11-/m1/s1. The van der Waals surface area contributed by atoms with Crippen molar-refractivity contribution < 1.29 is 14.3 Å². The molecule has 0 spiro atoms. The maximum absolute atomic E-state index is 11.3. The van der Waals surface area contributed by atoms with E-state index in [0.29, 0.717) is 12.8 Å². The molecule has 0 N–H and O–H groups in total. The molecular weight excluding hydrogens is 192 g/mol. The number of cyclic esters (lactones) is 1. The summed E-state index contributed by atoms with van der Waals surface area (Å²) < 4.78 is 5.22. The van der Waals surface area contributed by atoms with Gasteiger partial charge in [0.15, 0.2) is 0 Å². The summed E-state index contributed by atoms with van der Waals surface area (Å²) >= 11 is 0. The van der Waals surface area contributed by atoms with Crippen LogP contribution in [0.25, 0.3) is 0 Å². The van der Waals surface area contributed by atoms with Crippen molar-refractivity contribution in [2.45, 2.75) is 39.2 Å². The third-order valence-electron chi connectivity index (χ3n) is 2.66.